The number of hydrogen-bond donors (Lipinski definition) is 0. The van der Waals surface area contributed by atoms with Crippen LogP contribution in [0.1, 0.15) is 45.1 Å². The van der Waals surface area contributed by atoms with E-state index in [1.165, 1.54) is 0 Å². The van der Waals surface area contributed by atoms with E-state index in [0.29, 0.717) is 26.1 Å². The van der Waals surface area contributed by atoms with Gasteiger partial charge in [0.2, 0.25) is 0 Å². The topological polar surface area (TPSA) is 18.5 Å². The first kappa shape index (κ1) is 20.1. The zero-order valence-electron chi connectivity index (χ0n) is 13.6. The molecule has 0 saturated carbocycles. The Hall–Kier alpha value is -0.923. The van der Waals surface area contributed by atoms with Gasteiger partial charge in [0.1, 0.15) is 0 Å². The summed E-state index contributed by atoms with van der Waals surface area (Å²) in [6.07, 6.45) is 3.24. The first-order chi connectivity index (χ1) is 11.0. The Balaban J connectivity index is 2.46. The molecule has 132 valence electrons. The Kier molecular flexibility index (Phi) is 9.43. The number of unbranched alkanes of at least 4 members (excludes halogenated alkanes) is 1. The summed E-state index contributed by atoms with van der Waals surface area (Å²) < 4.78 is 64.1. The smallest absolute Gasteiger partial charge is 0.321 e. The molecule has 0 radical (unpaired) electrons. The van der Waals surface area contributed by atoms with Gasteiger partial charge in [0.05, 0.1) is 0 Å². The van der Waals surface area contributed by atoms with Crippen LogP contribution in [0.25, 0.3) is 0 Å². The summed E-state index contributed by atoms with van der Waals surface area (Å²) in [5, 5.41) is 0. The summed E-state index contributed by atoms with van der Waals surface area (Å²) in [6.45, 7) is 5.35. The predicted molar refractivity (Wildman–Crippen MR) is 83.7 cm³/mol. The van der Waals surface area contributed by atoms with E-state index < -0.39 is 32.6 Å². The van der Waals surface area contributed by atoms with E-state index in [2.05, 4.69) is 0 Å². The molecule has 0 aromatic heterocycles. The molecule has 0 aliphatic rings. The third-order valence-corrected chi connectivity index (χ3v) is 5.42. The molecule has 1 rings (SSSR count). The maximum atomic E-state index is 13.5. The van der Waals surface area contributed by atoms with Gasteiger partial charge in [-0.05, 0) is 43.4 Å². The average molecular weight is 352 g/mol. The van der Waals surface area contributed by atoms with Gasteiger partial charge in [-0.15, -0.1) is 0 Å². The van der Waals surface area contributed by atoms with Gasteiger partial charge < -0.3 is 8.85 Å². The Morgan fingerprint density at radius 2 is 1.48 bits per heavy atom. The number of benzene rings is 1. The molecule has 0 spiro atoms. The number of halogens is 4. The summed E-state index contributed by atoms with van der Waals surface area (Å²) in [7, 11) is -1.74. The van der Waals surface area contributed by atoms with Crippen LogP contribution in [0.15, 0.2) is 6.07 Å². The van der Waals surface area contributed by atoms with Crippen molar-refractivity contribution < 1.29 is 26.4 Å². The molecule has 0 heterocycles. The Morgan fingerprint density at radius 1 is 0.870 bits per heavy atom. The highest BCUT2D eigenvalue weighted by molar-refractivity contribution is 6.44. The van der Waals surface area contributed by atoms with Gasteiger partial charge in [0, 0.05) is 13.2 Å². The van der Waals surface area contributed by atoms with Crippen molar-refractivity contribution in [3.05, 3.63) is 34.9 Å². The molecule has 0 aliphatic carbocycles. The van der Waals surface area contributed by atoms with Crippen LogP contribution in [0.3, 0.4) is 0 Å². The normalized spacial score (nSPS) is 11.4. The minimum absolute atomic E-state index is 0.136. The first-order valence-corrected chi connectivity index (χ1v) is 9.82. The van der Waals surface area contributed by atoms with Crippen LogP contribution in [0.5, 0.6) is 0 Å². The van der Waals surface area contributed by atoms with Gasteiger partial charge in [-0.3, -0.25) is 0 Å². The van der Waals surface area contributed by atoms with Gasteiger partial charge in [0.25, 0.3) is 0 Å². The fourth-order valence-corrected chi connectivity index (χ4v) is 4.19. The summed E-state index contributed by atoms with van der Waals surface area (Å²) in [6, 6.07) is 1.48. The maximum Gasteiger partial charge on any atom is 0.321 e. The van der Waals surface area contributed by atoms with Gasteiger partial charge in [-0.1, -0.05) is 20.3 Å². The van der Waals surface area contributed by atoms with Crippen LogP contribution in [-0.4, -0.2) is 22.5 Å². The molecule has 0 atom stereocenters. The van der Waals surface area contributed by atoms with E-state index in [9.17, 15) is 17.6 Å². The van der Waals surface area contributed by atoms with Crippen molar-refractivity contribution >= 4 is 9.28 Å². The van der Waals surface area contributed by atoms with Crippen LogP contribution in [0.2, 0.25) is 6.04 Å². The molecule has 1 aromatic rings. The minimum Gasteiger partial charge on any atom is -0.397 e. The molecular formula is C16H24F4O2Si. The van der Waals surface area contributed by atoms with Crippen molar-refractivity contribution in [2.45, 2.75) is 52.0 Å². The minimum atomic E-state index is -1.76. The lowest BCUT2D eigenvalue weighted by atomic mass is 10.1. The highest BCUT2D eigenvalue weighted by Gasteiger charge is 2.19. The van der Waals surface area contributed by atoms with Crippen LogP contribution in [-0.2, 0) is 15.3 Å². The molecule has 0 amide bonds. The largest absolute Gasteiger partial charge is 0.397 e. The zero-order chi connectivity index (χ0) is 17.2. The Bertz CT molecular complexity index is 478. The van der Waals surface area contributed by atoms with Crippen LogP contribution >= 0.6 is 0 Å². The standard InChI is InChI=1S/C16H24F4O2Si/c1-3-8-21-23(22-9-4-2)10-6-5-7-12-11-13(17)15(19)16(20)14(12)18/h11,23H,3-10H2,1-2H3. The molecule has 0 N–H and O–H groups in total. The van der Waals surface area contributed by atoms with Crippen molar-refractivity contribution in [3.63, 3.8) is 0 Å². The quantitative estimate of drug-likeness (QED) is 0.190. The second-order valence-electron chi connectivity index (χ2n) is 5.38. The lowest BCUT2D eigenvalue weighted by molar-refractivity contribution is 0.195. The lowest BCUT2D eigenvalue weighted by Gasteiger charge is -2.16. The zero-order valence-corrected chi connectivity index (χ0v) is 14.8. The van der Waals surface area contributed by atoms with Crippen LogP contribution < -0.4 is 0 Å². The first-order valence-electron chi connectivity index (χ1n) is 8.06. The molecule has 0 fully saturated rings. The van der Waals surface area contributed by atoms with Crippen molar-refractivity contribution in [1.29, 1.82) is 0 Å². The number of rotatable bonds is 11. The highest BCUT2D eigenvalue weighted by atomic mass is 28.3. The maximum absolute atomic E-state index is 13.5. The van der Waals surface area contributed by atoms with Crippen LogP contribution in [0, 0.1) is 23.3 Å². The van der Waals surface area contributed by atoms with E-state index in [1.54, 1.807) is 0 Å². The highest BCUT2D eigenvalue weighted by Crippen LogP contribution is 2.20. The van der Waals surface area contributed by atoms with Gasteiger partial charge in [0.15, 0.2) is 23.3 Å². The Labute approximate surface area is 136 Å². The fraction of sp³-hybridized carbons (Fsp3) is 0.625. The summed E-state index contributed by atoms with van der Waals surface area (Å²) in [5.41, 5.74) is -0.136. The predicted octanol–water partition coefficient (Wildman–Crippen LogP) is 4.64. The van der Waals surface area contributed by atoms with Crippen molar-refractivity contribution in [3.8, 4) is 0 Å². The number of aryl methyl sites for hydroxylation is 1. The summed E-state index contributed by atoms with van der Waals surface area (Å²) >= 11 is 0. The van der Waals surface area contributed by atoms with Gasteiger partial charge in [-0.2, -0.15) is 0 Å². The van der Waals surface area contributed by atoms with Gasteiger partial charge >= 0.3 is 9.28 Å². The molecule has 2 nitrogen and oxygen atoms in total. The molecule has 1 aromatic carbocycles. The molecule has 0 unspecified atom stereocenters. The lowest BCUT2D eigenvalue weighted by Crippen LogP contribution is -2.23. The molecule has 23 heavy (non-hydrogen) atoms. The van der Waals surface area contributed by atoms with E-state index in [0.717, 1.165) is 25.0 Å². The van der Waals surface area contributed by atoms with Crippen molar-refractivity contribution in [2.75, 3.05) is 13.2 Å². The molecule has 0 bridgehead atoms. The van der Waals surface area contributed by atoms with Gasteiger partial charge in [-0.25, -0.2) is 17.6 Å². The fourth-order valence-electron chi connectivity index (χ4n) is 2.14. The van der Waals surface area contributed by atoms with E-state index >= 15 is 0 Å². The average Bonchev–Trinajstić information content (AvgIpc) is 2.55. The molecule has 7 heteroatoms. The summed E-state index contributed by atoms with van der Waals surface area (Å²) in [4.78, 5) is 0. The van der Waals surface area contributed by atoms with E-state index in [1.807, 2.05) is 13.8 Å². The third kappa shape index (κ3) is 6.61. The molecule has 0 aliphatic heterocycles. The van der Waals surface area contributed by atoms with Crippen LogP contribution in [0.4, 0.5) is 17.6 Å². The SMILES string of the molecule is CCCO[SiH](CCCCc1cc(F)c(F)c(F)c1F)OCCC. The van der Waals surface area contributed by atoms with E-state index in [-0.39, 0.29) is 12.0 Å². The number of hydrogen-bond acceptors (Lipinski definition) is 2. The third-order valence-electron chi connectivity index (χ3n) is 3.33. The van der Waals surface area contributed by atoms with Crippen molar-refractivity contribution in [2.24, 2.45) is 0 Å². The monoisotopic (exact) mass is 352 g/mol. The summed E-state index contributed by atoms with van der Waals surface area (Å²) in [5.74, 6) is -6.17. The molecular weight excluding hydrogens is 328 g/mol. The molecule has 0 saturated heterocycles. The second-order valence-corrected chi connectivity index (χ2v) is 7.48. The van der Waals surface area contributed by atoms with Crippen molar-refractivity contribution in [1.82, 2.24) is 0 Å². The second kappa shape index (κ2) is 10.8. The van der Waals surface area contributed by atoms with E-state index in [4.69, 9.17) is 8.85 Å². The Morgan fingerprint density at radius 3 is 2.04 bits per heavy atom.